The van der Waals surface area contributed by atoms with Crippen molar-refractivity contribution in [3.8, 4) is 11.1 Å². The lowest BCUT2D eigenvalue weighted by Crippen LogP contribution is -2.51. The molecule has 1 aromatic carbocycles. The fourth-order valence-electron chi connectivity index (χ4n) is 7.57. The molecule has 0 spiro atoms. The van der Waals surface area contributed by atoms with Crippen LogP contribution < -0.4 is 25.8 Å². The van der Waals surface area contributed by atoms with Crippen molar-refractivity contribution in [3.05, 3.63) is 41.6 Å². The van der Waals surface area contributed by atoms with Gasteiger partial charge in [0.05, 0.1) is 5.92 Å². The van der Waals surface area contributed by atoms with E-state index in [4.69, 9.17) is 4.98 Å². The van der Waals surface area contributed by atoms with E-state index in [0.717, 1.165) is 80.2 Å². The molecule has 0 radical (unpaired) electrons. The average molecular weight is 604 g/mol. The molecule has 3 unspecified atom stereocenters. The van der Waals surface area contributed by atoms with Gasteiger partial charge in [-0.1, -0.05) is 6.92 Å². The molecule has 3 aliphatic heterocycles. The molecule has 9 heteroatoms. The molecule has 0 bridgehead atoms. The average Bonchev–Trinajstić information content (AvgIpc) is 2.98. The number of anilines is 2. The number of nitrogens with zero attached hydrogens (tertiary/aromatic N) is 4. The van der Waals surface area contributed by atoms with Crippen molar-refractivity contribution >= 4 is 23.3 Å². The van der Waals surface area contributed by atoms with Crippen LogP contribution in [-0.2, 0) is 4.79 Å². The molecule has 4 heterocycles. The van der Waals surface area contributed by atoms with E-state index in [9.17, 15) is 9.59 Å². The number of hydrogen-bond donors (Lipinski definition) is 3. The standard InChI is InChI=1S/C35H53N7O2/c1-8-42(29-16-24(4)38-25(5)17-29)32-19-28(27-9-10-33(36-20-27)41-13-11-40(7)12-14-41)18-30(26(32)6)34(43)37-21-31-22(2)15-23(3)39-35(31)44/h9-10,18-20,22-25,29,31,38H,8,11-17,21H2,1-7H3,(H,37,43)(H,39,44)/t22?,23?,24-,25-,31?/m1/s1. The van der Waals surface area contributed by atoms with E-state index in [1.165, 1.54) is 0 Å². The highest BCUT2D eigenvalue weighted by Gasteiger charge is 2.33. The summed E-state index contributed by atoms with van der Waals surface area (Å²) in [6.07, 6.45) is 4.97. The molecule has 2 amide bonds. The summed E-state index contributed by atoms with van der Waals surface area (Å²) in [5.74, 6) is 0.879. The molecule has 240 valence electrons. The van der Waals surface area contributed by atoms with Crippen molar-refractivity contribution in [1.82, 2.24) is 25.8 Å². The second-order valence-electron chi connectivity index (χ2n) is 13.7. The second kappa shape index (κ2) is 13.9. The van der Waals surface area contributed by atoms with Crippen molar-refractivity contribution < 1.29 is 9.59 Å². The summed E-state index contributed by atoms with van der Waals surface area (Å²) < 4.78 is 0. The highest BCUT2D eigenvalue weighted by molar-refractivity contribution is 5.99. The van der Waals surface area contributed by atoms with Crippen LogP contribution in [-0.4, -0.2) is 92.2 Å². The van der Waals surface area contributed by atoms with Gasteiger partial charge >= 0.3 is 0 Å². The van der Waals surface area contributed by atoms with Crippen LogP contribution in [0.25, 0.3) is 11.1 Å². The Bertz CT molecular complexity index is 1300. The predicted octanol–water partition coefficient (Wildman–Crippen LogP) is 4.05. The lowest BCUT2D eigenvalue weighted by molar-refractivity contribution is -0.129. The highest BCUT2D eigenvalue weighted by Crippen LogP contribution is 2.35. The zero-order valence-electron chi connectivity index (χ0n) is 27.8. The molecule has 44 heavy (non-hydrogen) atoms. The van der Waals surface area contributed by atoms with Gasteiger partial charge in [0, 0.05) is 86.4 Å². The Balaban J connectivity index is 1.46. The summed E-state index contributed by atoms with van der Waals surface area (Å²) in [6, 6.07) is 9.91. The molecule has 0 aliphatic carbocycles. The molecule has 3 N–H and O–H groups in total. The van der Waals surface area contributed by atoms with Gasteiger partial charge in [-0.25, -0.2) is 4.98 Å². The van der Waals surface area contributed by atoms with Crippen LogP contribution in [0.15, 0.2) is 30.5 Å². The van der Waals surface area contributed by atoms with Gasteiger partial charge in [0.25, 0.3) is 5.91 Å². The molecule has 3 aliphatic rings. The van der Waals surface area contributed by atoms with Crippen molar-refractivity contribution in [2.24, 2.45) is 11.8 Å². The van der Waals surface area contributed by atoms with Gasteiger partial charge in [-0.15, -0.1) is 0 Å². The minimum Gasteiger partial charge on any atom is -0.368 e. The minimum absolute atomic E-state index is 0.0283. The highest BCUT2D eigenvalue weighted by atomic mass is 16.2. The van der Waals surface area contributed by atoms with Gasteiger partial charge < -0.3 is 30.7 Å². The van der Waals surface area contributed by atoms with Gasteiger partial charge in [0.2, 0.25) is 5.91 Å². The Morgan fingerprint density at radius 2 is 1.70 bits per heavy atom. The monoisotopic (exact) mass is 603 g/mol. The van der Waals surface area contributed by atoms with Gasteiger partial charge in [-0.2, -0.15) is 0 Å². The largest absolute Gasteiger partial charge is 0.368 e. The number of likely N-dealkylation sites (N-methyl/N-ethyl adjacent to an activating group) is 1. The quantitative estimate of drug-likeness (QED) is 0.419. The first kappa shape index (κ1) is 32.2. The summed E-state index contributed by atoms with van der Waals surface area (Å²) in [6.45, 7) is 18.1. The number of hydrogen-bond acceptors (Lipinski definition) is 7. The Hall–Kier alpha value is -3.17. The molecule has 9 nitrogen and oxygen atoms in total. The van der Waals surface area contributed by atoms with E-state index in [-0.39, 0.29) is 29.7 Å². The van der Waals surface area contributed by atoms with Gasteiger partial charge in [0.15, 0.2) is 0 Å². The van der Waals surface area contributed by atoms with Gasteiger partial charge in [-0.05, 0) is 102 Å². The van der Waals surface area contributed by atoms with Crippen LogP contribution in [0, 0.1) is 18.8 Å². The van der Waals surface area contributed by atoms with Gasteiger partial charge in [-0.3, -0.25) is 9.59 Å². The zero-order valence-corrected chi connectivity index (χ0v) is 27.8. The van der Waals surface area contributed by atoms with Crippen molar-refractivity contribution in [2.75, 3.05) is 56.1 Å². The Morgan fingerprint density at radius 1 is 1.00 bits per heavy atom. The van der Waals surface area contributed by atoms with Crippen LogP contribution in [0.5, 0.6) is 0 Å². The van der Waals surface area contributed by atoms with Crippen LogP contribution in [0.1, 0.15) is 69.8 Å². The molecule has 2 aromatic rings. The Labute approximate surface area is 264 Å². The van der Waals surface area contributed by atoms with Crippen LogP contribution >= 0.6 is 0 Å². The van der Waals surface area contributed by atoms with E-state index < -0.39 is 0 Å². The summed E-state index contributed by atoms with van der Waals surface area (Å²) in [5, 5.41) is 9.87. The molecule has 1 aromatic heterocycles. The second-order valence-corrected chi connectivity index (χ2v) is 13.7. The van der Waals surface area contributed by atoms with Gasteiger partial charge in [0.1, 0.15) is 5.82 Å². The van der Waals surface area contributed by atoms with Crippen LogP contribution in [0.3, 0.4) is 0 Å². The summed E-state index contributed by atoms with van der Waals surface area (Å²) in [4.78, 5) is 38.7. The summed E-state index contributed by atoms with van der Waals surface area (Å²) in [5.41, 5.74) is 4.71. The Kier molecular flexibility index (Phi) is 10.2. The fourth-order valence-corrected chi connectivity index (χ4v) is 7.57. The summed E-state index contributed by atoms with van der Waals surface area (Å²) >= 11 is 0. The number of nitrogens with one attached hydrogen (secondary N) is 3. The first-order chi connectivity index (χ1) is 21.0. The third-order valence-electron chi connectivity index (χ3n) is 10.1. The molecule has 0 saturated carbocycles. The first-order valence-corrected chi connectivity index (χ1v) is 16.7. The maximum atomic E-state index is 13.9. The Morgan fingerprint density at radius 3 is 2.32 bits per heavy atom. The van der Waals surface area contributed by atoms with E-state index in [1.807, 2.05) is 19.2 Å². The number of carbonyl (C=O) groups is 2. The third kappa shape index (κ3) is 7.20. The van der Waals surface area contributed by atoms with Crippen molar-refractivity contribution in [2.45, 2.75) is 85.0 Å². The molecule has 5 atom stereocenters. The predicted molar refractivity (Wildman–Crippen MR) is 179 cm³/mol. The molecular weight excluding hydrogens is 550 g/mol. The molecular formula is C35H53N7O2. The first-order valence-electron chi connectivity index (χ1n) is 16.7. The third-order valence-corrected chi connectivity index (χ3v) is 10.1. The normalized spacial score (nSPS) is 28.0. The topological polar surface area (TPSA) is 92.8 Å². The molecule has 3 fully saturated rings. The maximum absolute atomic E-state index is 13.9. The number of benzene rings is 1. The molecule has 3 saturated heterocycles. The molecule has 5 rings (SSSR count). The maximum Gasteiger partial charge on any atom is 0.251 e. The number of rotatable bonds is 8. The lowest BCUT2D eigenvalue weighted by atomic mass is 9.84. The zero-order chi connectivity index (χ0) is 31.5. The van der Waals surface area contributed by atoms with E-state index in [1.54, 1.807) is 0 Å². The minimum atomic E-state index is -0.228. The van der Waals surface area contributed by atoms with E-state index >= 15 is 0 Å². The van der Waals surface area contributed by atoms with E-state index in [2.05, 4.69) is 90.5 Å². The summed E-state index contributed by atoms with van der Waals surface area (Å²) in [7, 11) is 2.16. The number of piperidine rings is 2. The van der Waals surface area contributed by atoms with Crippen LogP contribution in [0.2, 0.25) is 0 Å². The SMILES string of the molecule is CCN(c1cc(-c2ccc(N3CCN(C)CC3)nc2)cc(C(=O)NCC2C(=O)NC(C)CC2C)c1C)C1C[C@@H](C)N[C@H](C)C1. The van der Waals surface area contributed by atoms with Crippen molar-refractivity contribution in [1.29, 1.82) is 0 Å². The number of pyridine rings is 1. The number of aromatic nitrogens is 1. The fraction of sp³-hybridized carbons (Fsp3) is 0.629. The lowest BCUT2D eigenvalue weighted by Gasteiger charge is -2.41. The van der Waals surface area contributed by atoms with Crippen LogP contribution in [0.4, 0.5) is 11.5 Å². The number of amides is 2. The van der Waals surface area contributed by atoms with Crippen molar-refractivity contribution in [3.63, 3.8) is 0 Å². The smallest absolute Gasteiger partial charge is 0.251 e. The van der Waals surface area contributed by atoms with E-state index in [0.29, 0.717) is 30.2 Å². The number of carbonyl (C=O) groups excluding carboxylic acids is 2. The number of piperazine rings is 1.